The SMILES string of the molecule is CC1C(N)CCC1S(=O)(=O)c1cccs1. The third-order valence-electron chi connectivity index (χ3n) is 3.22. The van der Waals surface area contributed by atoms with Gasteiger partial charge in [-0.2, -0.15) is 0 Å². The monoisotopic (exact) mass is 245 g/mol. The van der Waals surface area contributed by atoms with E-state index in [2.05, 4.69) is 0 Å². The molecule has 0 saturated heterocycles. The van der Waals surface area contributed by atoms with Crippen LogP contribution in [0.15, 0.2) is 21.7 Å². The summed E-state index contributed by atoms with van der Waals surface area (Å²) in [6, 6.07) is 3.48. The molecule has 3 atom stereocenters. The summed E-state index contributed by atoms with van der Waals surface area (Å²) in [6.07, 6.45) is 1.51. The molecule has 1 aromatic heterocycles. The predicted octanol–water partition coefficient (Wildman–Crippen LogP) is 1.65. The molecule has 0 aliphatic heterocycles. The van der Waals surface area contributed by atoms with Crippen molar-refractivity contribution in [2.45, 2.75) is 35.3 Å². The summed E-state index contributed by atoms with van der Waals surface area (Å²) in [5, 5.41) is 1.51. The van der Waals surface area contributed by atoms with Gasteiger partial charge < -0.3 is 5.73 Å². The molecule has 1 heterocycles. The molecule has 15 heavy (non-hydrogen) atoms. The van der Waals surface area contributed by atoms with E-state index in [9.17, 15) is 8.42 Å². The van der Waals surface area contributed by atoms with Gasteiger partial charge in [-0.3, -0.25) is 0 Å². The zero-order valence-corrected chi connectivity index (χ0v) is 10.2. The lowest BCUT2D eigenvalue weighted by atomic mass is 10.1. The number of sulfone groups is 1. The molecule has 1 aliphatic carbocycles. The quantitative estimate of drug-likeness (QED) is 0.861. The van der Waals surface area contributed by atoms with Crippen molar-refractivity contribution >= 4 is 21.2 Å². The minimum Gasteiger partial charge on any atom is -0.327 e. The molecule has 1 saturated carbocycles. The molecule has 1 aromatic rings. The maximum atomic E-state index is 12.2. The molecule has 0 radical (unpaired) electrons. The summed E-state index contributed by atoms with van der Waals surface area (Å²) in [4.78, 5) is 0. The average molecular weight is 245 g/mol. The Morgan fingerprint density at radius 2 is 2.20 bits per heavy atom. The third-order valence-corrected chi connectivity index (χ3v) is 7.03. The van der Waals surface area contributed by atoms with Gasteiger partial charge in [-0.05, 0) is 30.2 Å². The standard InChI is InChI=1S/C10H15NO2S2/c1-7-8(11)4-5-9(7)15(12,13)10-3-2-6-14-10/h2-3,6-9H,4-5,11H2,1H3. The van der Waals surface area contributed by atoms with Gasteiger partial charge in [-0.15, -0.1) is 11.3 Å². The van der Waals surface area contributed by atoms with Crippen LogP contribution < -0.4 is 5.73 Å². The second-order valence-electron chi connectivity index (χ2n) is 4.12. The summed E-state index contributed by atoms with van der Waals surface area (Å²) >= 11 is 1.29. The molecule has 1 fully saturated rings. The summed E-state index contributed by atoms with van der Waals surface area (Å²) < 4.78 is 24.9. The molecule has 84 valence electrons. The maximum absolute atomic E-state index is 12.2. The molecule has 2 rings (SSSR count). The fraction of sp³-hybridized carbons (Fsp3) is 0.600. The lowest BCUT2D eigenvalue weighted by Gasteiger charge is -2.17. The number of nitrogens with two attached hydrogens (primary N) is 1. The molecule has 0 aromatic carbocycles. The largest absolute Gasteiger partial charge is 0.327 e. The van der Waals surface area contributed by atoms with Crippen molar-refractivity contribution in [2.24, 2.45) is 11.7 Å². The molecule has 0 amide bonds. The van der Waals surface area contributed by atoms with Crippen molar-refractivity contribution in [1.82, 2.24) is 0 Å². The molecule has 0 bridgehead atoms. The molecule has 5 heteroatoms. The van der Waals surface area contributed by atoms with Gasteiger partial charge in [0.2, 0.25) is 0 Å². The van der Waals surface area contributed by atoms with Crippen molar-refractivity contribution in [3.05, 3.63) is 17.5 Å². The van der Waals surface area contributed by atoms with Gasteiger partial charge in [-0.1, -0.05) is 13.0 Å². The van der Waals surface area contributed by atoms with E-state index in [1.807, 2.05) is 6.92 Å². The summed E-state index contributed by atoms with van der Waals surface area (Å²) in [7, 11) is -3.14. The lowest BCUT2D eigenvalue weighted by molar-refractivity contribution is 0.508. The Balaban J connectivity index is 2.32. The maximum Gasteiger partial charge on any atom is 0.190 e. The van der Waals surface area contributed by atoms with Gasteiger partial charge in [0.25, 0.3) is 0 Å². The third kappa shape index (κ3) is 1.84. The first-order valence-corrected chi connectivity index (χ1v) is 7.49. The van der Waals surface area contributed by atoms with Crippen LogP contribution in [0.4, 0.5) is 0 Å². The van der Waals surface area contributed by atoms with Crippen molar-refractivity contribution in [2.75, 3.05) is 0 Å². The number of rotatable bonds is 2. The first kappa shape index (κ1) is 11.1. The second-order valence-corrected chi connectivity index (χ2v) is 7.46. The predicted molar refractivity (Wildman–Crippen MR) is 61.7 cm³/mol. The minimum absolute atomic E-state index is 0.0322. The highest BCUT2D eigenvalue weighted by atomic mass is 32.2. The molecule has 0 spiro atoms. The number of hydrogen-bond acceptors (Lipinski definition) is 4. The van der Waals surface area contributed by atoms with Crippen LogP contribution in [0.1, 0.15) is 19.8 Å². The fourth-order valence-electron chi connectivity index (χ4n) is 2.17. The highest BCUT2D eigenvalue weighted by Gasteiger charge is 2.40. The van der Waals surface area contributed by atoms with E-state index in [0.29, 0.717) is 10.6 Å². The molecular formula is C10H15NO2S2. The topological polar surface area (TPSA) is 60.2 Å². The zero-order chi connectivity index (χ0) is 11.1. The second kappa shape index (κ2) is 3.88. The van der Waals surface area contributed by atoms with E-state index >= 15 is 0 Å². The van der Waals surface area contributed by atoms with Crippen molar-refractivity contribution in [1.29, 1.82) is 0 Å². The molecule has 3 nitrogen and oxygen atoms in total. The van der Waals surface area contributed by atoms with Crippen LogP contribution in [0.3, 0.4) is 0 Å². The Hall–Kier alpha value is -0.390. The van der Waals surface area contributed by atoms with E-state index in [4.69, 9.17) is 5.73 Å². The highest BCUT2D eigenvalue weighted by Crippen LogP contribution is 2.35. The first-order chi connectivity index (χ1) is 7.03. The van der Waals surface area contributed by atoms with Crippen LogP contribution in [0.5, 0.6) is 0 Å². The Bertz CT molecular complexity index is 424. The van der Waals surface area contributed by atoms with E-state index in [0.717, 1.165) is 6.42 Å². The van der Waals surface area contributed by atoms with Gasteiger partial charge >= 0.3 is 0 Å². The zero-order valence-electron chi connectivity index (χ0n) is 8.59. The van der Waals surface area contributed by atoms with E-state index in [1.165, 1.54) is 11.3 Å². The Kier molecular flexibility index (Phi) is 2.87. The molecular weight excluding hydrogens is 230 g/mol. The molecule has 3 unspecified atom stereocenters. The van der Waals surface area contributed by atoms with E-state index in [1.54, 1.807) is 17.5 Å². The normalized spacial score (nSPS) is 32.0. The average Bonchev–Trinajstić information content (AvgIpc) is 2.78. The van der Waals surface area contributed by atoms with Gasteiger partial charge in [-0.25, -0.2) is 8.42 Å². The van der Waals surface area contributed by atoms with Gasteiger partial charge in [0.15, 0.2) is 9.84 Å². The van der Waals surface area contributed by atoms with Gasteiger partial charge in [0.1, 0.15) is 4.21 Å². The van der Waals surface area contributed by atoms with Crippen LogP contribution in [0, 0.1) is 5.92 Å². The van der Waals surface area contributed by atoms with E-state index in [-0.39, 0.29) is 17.2 Å². The lowest BCUT2D eigenvalue weighted by Crippen LogP contribution is -2.31. The van der Waals surface area contributed by atoms with Crippen molar-refractivity contribution in [3.63, 3.8) is 0 Å². The minimum atomic E-state index is -3.14. The summed E-state index contributed by atoms with van der Waals surface area (Å²) in [5.41, 5.74) is 5.86. The van der Waals surface area contributed by atoms with Gasteiger partial charge in [0, 0.05) is 6.04 Å². The van der Waals surface area contributed by atoms with Gasteiger partial charge in [0.05, 0.1) is 5.25 Å². The van der Waals surface area contributed by atoms with Crippen LogP contribution in [0.2, 0.25) is 0 Å². The van der Waals surface area contributed by atoms with Crippen LogP contribution in [-0.4, -0.2) is 19.7 Å². The van der Waals surface area contributed by atoms with Crippen LogP contribution >= 0.6 is 11.3 Å². The smallest absolute Gasteiger partial charge is 0.190 e. The molecule has 1 aliphatic rings. The Morgan fingerprint density at radius 3 is 2.67 bits per heavy atom. The fourth-order valence-corrected chi connectivity index (χ4v) is 5.47. The molecule has 2 N–H and O–H groups in total. The van der Waals surface area contributed by atoms with Crippen molar-refractivity contribution < 1.29 is 8.42 Å². The Labute approximate surface area is 94.2 Å². The summed E-state index contributed by atoms with van der Waals surface area (Å²) in [5.74, 6) is 0.0668. The summed E-state index contributed by atoms with van der Waals surface area (Å²) in [6.45, 7) is 1.94. The van der Waals surface area contributed by atoms with E-state index < -0.39 is 9.84 Å². The number of thiophene rings is 1. The first-order valence-electron chi connectivity index (χ1n) is 5.06. The van der Waals surface area contributed by atoms with Crippen LogP contribution in [0.25, 0.3) is 0 Å². The number of hydrogen-bond donors (Lipinski definition) is 1. The Morgan fingerprint density at radius 1 is 1.47 bits per heavy atom. The van der Waals surface area contributed by atoms with Crippen molar-refractivity contribution in [3.8, 4) is 0 Å². The highest BCUT2D eigenvalue weighted by molar-refractivity contribution is 7.94. The van der Waals surface area contributed by atoms with Crippen LogP contribution in [-0.2, 0) is 9.84 Å².